The van der Waals surface area contributed by atoms with Crippen molar-refractivity contribution < 1.29 is 4.74 Å². The van der Waals surface area contributed by atoms with Crippen molar-refractivity contribution in [2.45, 2.75) is 19.3 Å². The van der Waals surface area contributed by atoms with Gasteiger partial charge < -0.3 is 4.74 Å². The fourth-order valence-corrected chi connectivity index (χ4v) is 2.23. The molecule has 12 heavy (non-hydrogen) atoms. The average Bonchev–Trinajstić information content (AvgIpc) is 2.07. The van der Waals surface area contributed by atoms with Gasteiger partial charge in [-0.3, -0.25) is 0 Å². The fraction of sp³-hybridized carbons (Fsp3) is 0.400. The third-order valence-electron chi connectivity index (χ3n) is 2.33. The lowest BCUT2D eigenvalue weighted by Gasteiger charge is -2.23. The largest absolute Gasteiger partial charge is 0.492 e. The molecule has 0 bridgehead atoms. The van der Waals surface area contributed by atoms with Gasteiger partial charge in [-0.1, -0.05) is 19.1 Å². The molecular weight excluding hydrogens is 263 g/mol. The van der Waals surface area contributed by atoms with E-state index in [9.17, 15) is 0 Å². The quantitative estimate of drug-likeness (QED) is 0.660. The highest BCUT2D eigenvalue weighted by Gasteiger charge is 2.18. The first-order chi connectivity index (χ1) is 5.79. The molecule has 64 valence electrons. The van der Waals surface area contributed by atoms with Crippen LogP contribution in [0.25, 0.3) is 0 Å². The second kappa shape index (κ2) is 3.24. The van der Waals surface area contributed by atoms with Crippen LogP contribution in [0.15, 0.2) is 18.2 Å². The lowest BCUT2D eigenvalue weighted by Crippen LogP contribution is -2.12. The summed E-state index contributed by atoms with van der Waals surface area (Å²) in [6.07, 6.45) is 1.15. The van der Waals surface area contributed by atoms with E-state index in [2.05, 4.69) is 47.7 Å². The fourth-order valence-electron chi connectivity index (χ4n) is 1.56. The van der Waals surface area contributed by atoms with Gasteiger partial charge in [0.05, 0.1) is 10.2 Å². The SMILES string of the molecule is CC1CCOc2c(I)cccc21. The van der Waals surface area contributed by atoms with Gasteiger partial charge in [-0.2, -0.15) is 0 Å². The van der Waals surface area contributed by atoms with Gasteiger partial charge in [-0.15, -0.1) is 0 Å². The average molecular weight is 274 g/mol. The Morgan fingerprint density at radius 3 is 3.08 bits per heavy atom. The summed E-state index contributed by atoms with van der Waals surface area (Å²) in [6.45, 7) is 3.13. The van der Waals surface area contributed by atoms with Gasteiger partial charge in [-0.25, -0.2) is 0 Å². The highest BCUT2D eigenvalue weighted by molar-refractivity contribution is 14.1. The van der Waals surface area contributed by atoms with Crippen LogP contribution in [-0.4, -0.2) is 6.61 Å². The third-order valence-corrected chi connectivity index (χ3v) is 3.18. The monoisotopic (exact) mass is 274 g/mol. The minimum atomic E-state index is 0.656. The van der Waals surface area contributed by atoms with E-state index in [1.165, 1.54) is 9.13 Å². The van der Waals surface area contributed by atoms with E-state index in [1.54, 1.807) is 0 Å². The van der Waals surface area contributed by atoms with E-state index in [0.717, 1.165) is 18.8 Å². The molecule has 1 heterocycles. The van der Waals surface area contributed by atoms with Gasteiger partial charge in [-0.05, 0) is 46.6 Å². The lowest BCUT2D eigenvalue weighted by atomic mass is 9.95. The van der Waals surface area contributed by atoms with Gasteiger partial charge in [0.15, 0.2) is 0 Å². The summed E-state index contributed by atoms with van der Waals surface area (Å²) in [5, 5.41) is 0. The second-order valence-electron chi connectivity index (χ2n) is 3.20. The van der Waals surface area contributed by atoms with E-state index < -0.39 is 0 Å². The predicted octanol–water partition coefficient (Wildman–Crippen LogP) is 3.18. The first-order valence-corrected chi connectivity index (χ1v) is 5.28. The molecule has 0 radical (unpaired) electrons. The minimum absolute atomic E-state index is 0.656. The number of ether oxygens (including phenoxy) is 1. The summed E-state index contributed by atoms with van der Waals surface area (Å²) in [7, 11) is 0. The molecule has 1 nitrogen and oxygen atoms in total. The van der Waals surface area contributed by atoms with Crippen molar-refractivity contribution in [3.05, 3.63) is 27.3 Å². The molecule has 1 atom stereocenters. The molecule has 1 aromatic rings. The molecule has 0 saturated carbocycles. The number of hydrogen-bond acceptors (Lipinski definition) is 1. The molecule has 1 unspecified atom stereocenters. The number of benzene rings is 1. The van der Waals surface area contributed by atoms with Crippen molar-refractivity contribution in [2.75, 3.05) is 6.61 Å². The molecule has 0 fully saturated rings. The zero-order valence-electron chi connectivity index (χ0n) is 7.01. The predicted molar refractivity (Wildman–Crippen MR) is 57.7 cm³/mol. The standard InChI is InChI=1S/C10H11IO/c1-7-5-6-12-10-8(7)3-2-4-9(10)11/h2-4,7H,5-6H2,1H3. The maximum Gasteiger partial charge on any atom is 0.136 e. The van der Waals surface area contributed by atoms with E-state index in [4.69, 9.17) is 4.74 Å². The van der Waals surface area contributed by atoms with Crippen LogP contribution in [0.5, 0.6) is 5.75 Å². The number of hydrogen-bond donors (Lipinski definition) is 0. The van der Waals surface area contributed by atoms with Crippen LogP contribution in [0.3, 0.4) is 0 Å². The van der Waals surface area contributed by atoms with Gasteiger partial charge in [0, 0.05) is 0 Å². The van der Waals surface area contributed by atoms with E-state index in [0.29, 0.717) is 5.92 Å². The second-order valence-corrected chi connectivity index (χ2v) is 4.36. The van der Waals surface area contributed by atoms with Crippen LogP contribution in [0.1, 0.15) is 24.8 Å². The Morgan fingerprint density at radius 1 is 1.50 bits per heavy atom. The first kappa shape index (κ1) is 8.35. The zero-order chi connectivity index (χ0) is 8.55. The highest BCUT2D eigenvalue weighted by Crippen LogP contribution is 2.36. The number of halogens is 1. The number of rotatable bonds is 0. The van der Waals surface area contributed by atoms with Crippen molar-refractivity contribution in [1.29, 1.82) is 0 Å². The molecule has 0 amide bonds. The zero-order valence-corrected chi connectivity index (χ0v) is 9.17. The van der Waals surface area contributed by atoms with Crippen molar-refractivity contribution in [3.63, 3.8) is 0 Å². The molecule has 2 rings (SSSR count). The number of fused-ring (bicyclic) bond motifs is 1. The summed E-state index contributed by atoms with van der Waals surface area (Å²) >= 11 is 2.33. The van der Waals surface area contributed by atoms with E-state index in [-0.39, 0.29) is 0 Å². The van der Waals surface area contributed by atoms with Gasteiger partial charge in [0.1, 0.15) is 5.75 Å². The molecule has 0 spiro atoms. The maximum absolute atomic E-state index is 5.62. The topological polar surface area (TPSA) is 9.23 Å². The van der Waals surface area contributed by atoms with Crippen LogP contribution < -0.4 is 4.74 Å². The smallest absolute Gasteiger partial charge is 0.136 e. The van der Waals surface area contributed by atoms with Crippen LogP contribution >= 0.6 is 22.6 Å². The van der Waals surface area contributed by atoms with Crippen molar-refractivity contribution >= 4 is 22.6 Å². The molecule has 1 aliphatic rings. The van der Waals surface area contributed by atoms with Gasteiger partial charge in [0.2, 0.25) is 0 Å². The number of para-hydroxylation sites is 1. The van der Waals surface area contributed by atoms with Crippen LogP contribution in [0.2, 0.25) is 0 Å². The van der Waals surface area contributed by atoms with Gasteiger partial charge in [0.25, 0.3) is 0 Å². The Balaban J connectivity index is 2.52. The van der Waals surface area contributed by atoms with E-state index >= 15 is 0 Å². The summed E-state index contributed by atoms with van der Waals surface area (Å²) < 4.78 is 6.85. The first-order valence-electron chi connectivity index (χ1n) is 4.20. The van der Waals surface area contributed by atoms with Crippen LogP contribution in [0, 0.1) is 3.57 Å². The molecule has 1 aromatic carbocycles. The third kappa shape index (κ3) is 1.32. The Hall–Kier alpha value is -0.250. The maximum atomic E-state index is 5.62. The highest BCUT2D eigenvalue weighted by atomic mass is 127. The molecule has 0 N–H and O–H groups in total. The normalized spacial score (nSPS) is 21.3. The summed E-state index contributed by atoms with van der Waals surface area (Å²) in [5.41, 5.74) is 1.37. The lowest BCUT2D eigenvalue weighted by molar-refractivity contribution is 0.270. The Morgan fingerprint density at radius 2 is 2.33 bits per heavy atom. The van der Waals surface area contributed by atoms with Crippen molar-refractivity contribution in [3.8, 4) is 5.75 Å². The molecule has 0 aliphatic carbocycles. The van der Waals surface area contributed by atoms with Crippen molar-refractivity contribution in [1.82, 2.24) is 0 Å². The van der Waals surface area contributed by atoms with E-state index in [1.807, 2.05) is 0 Å². The molecule has 2 heteroatoms. The molecular formula is C10H11IO. The molecule has 0 saturated heterocycles. The van der Waals surface area contributed by atoms with Crippen molar-refractivity contribution in [2.24, 2.45) is 0 Å². The summed E-state index contributed by atoms with van der Waals surface area (Å²) in [6, 6.07) is 6.37. The summed E-state index contributed by atoms with van der Waals surface area (Å²) in [5.74, 6) is 1.76. The van der Waals surface area contributed by atoms with Crippen LogP contribution in [-0.2, 0) is 0 Å². The van der Waals surface area contributed by atoms with Gasteiger partial charge >= 0.3 is 0 Å². The van der Waals surface area contributed by atoms with Crippen LogP contribution in [0.4, 0.5) is 0 Å². The Bertz CT molecular complexity index is 296. The molecule has 0 aromatic heterocycles. The minimum Gasteiger partial charge on any atom is -0.492 e. The Kier molecular flexibility index (Phi) is 2.26. The summed E-state index contributed by atoms with van der Waals surface area (Å²) in [4.78, 5) is 0. The molecule has 1 aliphatic heterocycles. The Labute approximate surface area is 86.3 Å².